The van der Waals surface area contributed by atoms with Crippen molar-refractivity contribution >= 4 is 0 Å². The Balaban J connectivity index is 1.92. The van der Waals surface area contributed by atoms with Gasteiger partial charge in [0, 0.05) is 18.3 Å². The molecule has 2 rings (SSSR count). The number of pyridine rings is 1. The van der Waals surface area contributed by atoms with Gasteiger partial charge in [-0.1, -0.05) is 13.0 Å². The molecule has 16 heavy (non-hydrogen) atoms. The van der Waals surface area contributed by atoms with Crippen LogP contribution in [0.2, 0.25) is 0 Å². The molecule has 0 spiro atoms. The van der Waals surface area contributed by atoms with E-state index in [0.717, 1.165) is 12.4 Å². The fourth-order valence-electron chi connectivity index (χ4n) is 1.80. The highest BCUT2D eigenvalue weighted by Crippen LogP contribution is 2.24. The van der Waals surface area contributed by atoms with E-state index in [2.05, 4.69) is 30.2 Å². The number of ether oxygens (including phenoxy) is 1. The highest BCUT2D eigenvalue weighted by atomic mass is 16.5. The van der Waals surface area contributed by atoms with Crippen LogP contribution in [0.4, 0.5) is 0 Å². The molecule has 1 aromatic heterocycles. The lowest BCUT2D eigenvalue weighted by Crippen LogP contribution is -2.25. The highest BCUT2D eigenvalue weighted by Gasteiger charge is 2.19. The van der Waals surface area contributed by atoms with Gasteiger partial charge >= 0.3 is 0 Å². The van der Waals surface area contributed by atoms with Gasteiger partial charge in [0.15, 0.2) is 0 Å². The molecule has 1 unspecified atom stereocenters. The Labute approximate surface area is 97.2 Å². The Morgan fingerprint density at radius 3 is 2.81 bits per heavy atom. The second kappa shape index (κ2) is 5.30. The van der Waals surface area contributed by atoms with E-state index in [1.165, 1.54) is 24.8 Å². The van der Waals surface area contributed by atoms with E-state index in [9.17, 15) is 0 Å². The predicted molar refractivity (Wildman–Crippen MR) is 64.6 cm³/mol. The van der Waals surface area contributed by atoms with E-state index in [1.807, 2.05) is 12.3 Å². The van der Waals surface area contributed by atoms with Crippen molar-refractivity contribution in [2.45, 2.75) is 45.3 Å². The lowest BCUT2D eigenvalue weighted by Gasteiger charge is -2.25. The standard InChI is InChI=1S/C13H20N2O/c1-3-14-10(2)11-7-8-13(15-9-11)16-12-5-4-6-12/h7-10,12,14H,3-6H2,1-2H3. The zero-order valence-corrected chi connectivity index (χ0v) is 10.1. The maximum absolute atomic E-state index is 5.71. The fraction of sp³-hybridized carbons (Fsp3) is 0.615. The molecule has 1 heterocycles. The summed E-state index contributed by atoms with van der Waals surface area (Å²) in [5.74, 6) is 0.761. The summed E-state index contributed by atoms with van der Waals surface area (Å²) in [7, 11) is 0. The van der Waals surface area contributed by atoms with Crippen molar-refractivity contribution < 1.29 is 4.74 Å². The second-order valence-electron chi connectivity index (χ2n) is 4.38. The monoisotopic (exact) mass is 220 g/mol. The average Bonchev–Trinajstić information content (AvgIpc) is 2.25. The predicted octanol–water partition coefficient (Wildman–Crippen LogP) is 2.68. The molecule has 1 saturated carbocycles. The third-order valence-corrected chi connectivity index (χ3v) is 3.11. The van der Waals surface area contributed by atoms with E-state index >= 15 is 0 Å². The maximum Gasteiger partial charge on any atom is 0.213 e. The zero-order valence-electron chi connectivity index (χ0n) is 10.1. The summed E-state index contributed by atoms with van der Waals surface area (Å²) in [5, 5.41) is 3.36. The zero-order chi connectivity index (χ0) is 11.4. The van der Waals surface area contributed by atoms with Gasteiger partial charge in [-0.3, -0.25) is 0 Å². The van der Waals surface area contributed by atoms with Crippen molar-refractivity contribution in [1.29, 1.82) is 0 Å². The van der Waals surface area contributed by atoms with E-state index in [0.29, 0.717) is 12.1 Å². The summed E-state index contributed by atoms with van der Waals surface area (Å²) in [4.78, 5) is 4.34. The molecule has 1 atom stereocenters. The lowest BCUT2D eigenvalue weighted by molar-refractivity contribution is 0.114. The molecule has 1 fully saturated rings. The molecule has 3 heteroatoms. The van der Waals surface area contributed by atoms with Crippen LogP contribution in [-0.2, 0) is 0 Å². The van der Waals surface area contributed by atoms with Crippen molar-refractivity contribution in [2.75, 3.05) is 6.54 Å². The number of nitrogens with zero attached hydrogens (tertiary/aromatic N) is 1. The van der Waals surface area contributed by atoms with Crippen LogP contribution in [0, 0.1) is 0 Å². The van der Waals surface area contributed by atoms with Crippen molar-refractivity contribution in [1.82, 2.24) is 10.3 Å². The van der Waals surface area contributed by atoms with Crippen LogP contribution in [0.3, 0.4) is 0 Å². The third kappa shape index (κ3) is 2.73. The molecular weight excluding hydrogens is 200 g/mol. The Morgan fingerprint density at radius 2 is 2.31 bits per heavy atom. The number of hydrogen-bond acceptors (Lipinski definition) is 3. The van der Waals surface area contributed by atoms with Gasteiger partial charge in [0.25, 0.3) is 0 Å². The molecule has 88 valence electrons. The van der Waals surface area contributed by atoms with Gasteiger partial charge in [-0.2, -0.15) is 0 Å². The van der Waals surface area contributed by atoms with Crippen molar-refractivity contribution in [3.63, 3.8) is 0 Å². The minimum absolute atomic E-state index is 0.357. The molecule has 0 aromatic carbocycles. The molecule has 0 saturated heterocycles. The first-order chi connectivity index (χ1) is 7.79. The summed E-state index contributed by atoms with van der Waals surface area (Å²) >= 11 is 0. The van der Waals surface area contributed by atoms with Crippen LogP contribution in [-0.4, -0.2) is 17.6 Å². The van der Waals surface area contributed by atoms with Crippen LogP contribution in [0.25, 0.3) is 0 Å². The highest BCUT2D eigenvalue weighted by molar-refractivity contribution is 5.20. The molecular formula is C13H20N2O. The smallest absolute Gasteiger partial charge is 0.213 e. The lowest BCUT2D eigenvalue weighted by atomic mass is 9.96. The van der Waals surface area contributed by atoms with Gasteiger partial charge in [0.2, 0.25) is 5.88 Å². The fourth-order valence-corrected chi connectivity index (χ4v) is 1.80. The Morgan fingerprint density at radius 1 is 1.50 bits per heavy atom. The van der Waals surface area contributed by atoms with Crippen molar-refractivity contribution in [2.24, 2.45) is 0 Å². The Hall–Kier alpha value is -1.09. The molecule has 1 aliphatic carbocycles. The van der Waals surface area contributed by atoms with Gasteiger partial charge in [-0.25, -0.2) is 4.98 Å². The molecule has 1 N–H and O–H groups in total. The maximum atomic E-state index is 5.71. The van der Waals surface area contributed by atoms with Gasteiger partial charge in [0.05, 0.1) is 0 Å². The molecule has 1 aliphatic rings. The number of aromatic nitrogens is 1. The van der Waals surface area contributed by atoms with Gasteiger partial charge in [-0.05, 0) is 38.3 Å². The first-order valence-electron chi connectivity index (χ1n) is 6.15. The molecule has 1 aromatic rings. The first kappa shape index (κ1) is 11.4. The van der Waals surface area contributed by atoms with E-state index in [-0.39, 0.29) is 0 Å². The summed E-state index contributed by atoms with van der Waals surface area (Å²) in [5.41, 5.74) is 1.21. The number of rotatable bonds is 5. The SMILES string of the molecule is CCNC(C)c1ccc(OC2CCC2)nc1. The Bertz CT molecular complexity index is 319. The topological polar surface area (TPSA) is 34.1 Å². The molecule has 0 aliphatic heterocycles. The quantitative estimate of drug-likeness (QED) is 0.828. The third-order valence-electron chi connectivity index (χ3n) is 3.11. The van der Waals surface area contributed by atoms with E-state index in [1.54, 1.807) is 0 Å². The van der Waals surface area contributed by atoms with Crippen LogP contribution in [0.15, 0.2) is 18.3 Å². The van der Waals surface area contributed by atoms with Gasteiger partial charge in [0.1, 0.15) is 6.10 Å². The van der Waals surface area contributed by atoms with Gasteiger partial charge < -0.3 is 10.1 Å². The average molecular weight is 220 g/mol. The second-order valence-corrected chi connectivity index (χ2v) is 4.38. The molecule has 3 nitrogen and oxygen atoms in total. The molecule has 0 radical (unpaired) electrons. The summed E-state index contributed by atoms with van der Waals surface area (Å²) in [6.07, 6.45) is 5.96. The van der Waals surface area contributed by atoms with E-state index in [4.69, 9.17) is 4.74 Å². The molecule has 0 amide bonds. The van der Waals surface area contributed by atoms with Crippen LogP contribution < -0.4 is 10.1 Å². The van der Waals surface area contributed by atoms with Crippen molar-refractivity contribution in [3.05, 3.63) is 23.9 Å². The first-order valence-corrected chi connectivity index (χ1v) is 6.15. The van der Waals surface area contributed by atoms with Crippen LogP contribution in [0.1, 0.15) is 44.7 Å². The van der Waals surface area contributed by atoms with Crippen LogP contribution >= 0.6 is 0 Å². The largest absolute Gasteiger partial charge is 0.474 e. The normalized spacial score (nSPS) is 17.9. The summed E-state index contributed by atoms with van der Waals surface area (Å²) < 4.78 is 5.71. The van der Waals surface area contributed by atoms with Crippen molar-refractivity contribution in [3.8, 4) is 5.88 Å². The summed E-state index contributed by atoms with van der Waals surface area (Å²) in [6, 6.07) is 4.42. The van der Waals surface area contributed by atoms with Crippen LogP contribution in [0.5, 0.6) is 5.88 Å². The minimum Gasteiger partial charge on any atom is -0.474 e. The Kier molecular flexibility index (Phi) is 3.78. The van der Waals surface area contributed by atoms with E-state index < -0.39 is 0 Å². The van der Waals surface area contributed by atoms with Gasteiger partial charge in [-0.15, -0.1) is 0 Å². The number of nitrogens with one attached hydrogen (secondary N) is 1. The number of hydrogen-bond donors (Lipinski definition) is 1. The molecule has 0 bridgehead atoms. The minimum atomic E-state index is 0.357. The summed E-state index contributed by atoms with van der Waals surface area (Å²) in [6.45, 7) is 5.23.